The molecule has 0 bridgehead atoms. The number of nitrogen functional groups attached to an aromatic ring is 1. The Balaban J connectivity index is 2.59. The first-order chi connectivity index (χ1) is 9.69. The summed E-state index contributed by atoms with van der Waals surface area (Å²) in [5, 5.41) is 0. The second-order valence-electron chi connectivity index (χ2n) is 4.49. The number of anilines is 1. The van der Waals surface area contributed by atoms with Gasteiger partial charge in [0.15, 0.2) is 5.82 Å². The van der Waals surface area contributed by atoms with E-state index in [1.807, 2.05) is 13.8 Å². The van der Waals surface area contributed by atoms with Gasteiger partial charge in [0.2, 0.25) is 0 Å². The van der Waals surface area contributed by atoms with Gasteiger partial charge in [-0.25, -0.2) is 4.39 Å². The average molecular weight is 284 g/mol. The second-order valence-corrected chi connectivity index (χ2v) is 4.49. The molecular weight excluding hydrogens is 259 g/mol. The highest BCUT2D eigenvalue weighted by Crippen LogP contribution is 2.16. The minimum absolute atomic E-state index is 0.192. The summed E-state index contributed by atoms with van der Waals surface area (Å²) in [5.41, 5.74) is 6.40. The Morgan fingerprint density at radius 3 is 2.25 bits per heavy atom. The van der Waals surface area contributed by atoms with Crippen LogP contribution in [0.5, 0.6) is 0 Å². The van der Waals surface area contributed by atoms with Gasteiger partial charge in [-0.1, -0.05) is 12.1 Å². The van der Waals surface area contributed by atoms with Crippen molar-refractivity contribution in [2.45, 2.75) is 20.4 Å². The van der Waals surface area contributed by atoms with Gasteiger partial charge < -0.3 is 15.2 Å². The summed E-state index contributed by atoms with van der Waals surface area (Å²) in [7, 11) is 0. The largest absolute Gasteiger partial charge is 0.396 e. The van der Waals surface area contributed by atoms with E-state index in [0.29, 0.717) is 38.5 Å². The van der Waals surface area contributed by atoms with Crippen LogP contribution >= 0.6 is 0 Å². The number of ether oxygens (including phenoxy) is 2. The first kappa shape index (κ1) is 16.9. The molecule has 0 amide bonds. The molecule has 4 nitrogen and oxygen atoms in total. The smallest absolute Gasteiger partial charge is 0.150 e. The molecule has 1 aromatic rings. The molecule has 0 spiro atoms. The number of nitrogens with zero attached hydrogens (tertiary/aromatic N) is 1. The maximum absolute atomic E-state index is 13.9. The Bertz CT molecular complexity index is 378. The molecule has 0 aliphatic carbocycles. The molecule has 0 aliphatic heterocycles. The number of benzene rings is 1. The van der Waals surface area contributed by atoms with Crippen LogP contribution in [0.1, 0.15) is 19.4 Å². The summed E-state index contributed by atoms with van der Waals surface area (Å²) in [5.74, 6) is -0.328. The molecule has 0 radical (unpaired) electrons. The number of hydrogen-bond donors (Lipinski definition) is 1. The van der Waals surface area contributed by atoms with Crippen LogP contribution in [-0.2, 0) is 16.0 Å². The van der Waals surface area contributed by atoms with Crippen molar-refractivity contribution < 1.29 is 13.9 Å². The molecule has 0 heterocycles. The van der Waals surface area contributed by atoms with Gasteiger partial charge in [-0.05, 0) is 19.9 Å². The van der Waals surface area contributed by atoms with Crippen molar-refractivity contribution >= 4 is 5.69 Å². The Labute approximate surface area is 120 Å². The highest BCUT2D eigenvalue weighted by Gasteiger charge is 2.11. The van der Waals surface area contributed by atoms with Crippen molar-refractivity contribution in [1.82, 2.24) is 4.90 Å². The van der Waals surface area contributed by atoms with E-state index < -0.39 is 0 Å². The zero-order valence-corrected chi connectivity index (χ0v) is 12.4. The van der Waals surface area contributed by atoms with E-state index in [2.05, 4.69) is 4.90 Å². The van der Waals surface area contributed by atoms with E-state index in [-0.39, 0.29) is 11.5 Å². The number of rotatable bonds is 10. The Hall–Kier alpha value is -1.17. The van der Waals surface area contributed by atoms with E-state index >= 15 is 0 Å². The summed E-state index contributed by atoms with van der Waals surface area (Å²) < 4.78 is 24.6. The van der Waals surface area contributed by atoms with E-state index in [9.17, 15) is 4.39 Å². The van der Waals surface area contributed by atoms with Crippen molar-refractivity contribution in [3.63, 3.8) is 0 Å². The van der Waals surface area contributed by atoms with Crippen LogP contribution < -0.4 is 5.73 Å². The third-order valence-corrected chi connectivity index (χ3v) is 3.01. The fraction of sp³-hybridized carbons (Fsp3) is 0.600. The molecule has 1 rings (SSSR count). The maximum Gasteiger partial charge on any atom is 0.150 e. The predicted molar refractivity (Wildman–Crippen MR) is 79.1 cm³/mol. The molecule has 1 aromatic carbocycles. The molecule has 20 heavy (non-hydrogen) atoms. The first-order valence-electron chi connectivity index (χ1n) is 7.09. The van der Waals surface area contributed by atoms with Crippen molar-refractivity contribution in [2.75, 3.05) is 45.3 Å². The van der Waals surface area contributed by atoms with Crippen LogP contribution in [0.3, 0.4) is 0 Å². The van der Waals surface area contributed by atoms with E-state index in [4.69, 9.17) is 15.2 Å². The molecule has 0 saturated heterocycles. The summed E-state index contributed by atoms with van der Waals surface area (Å²) in [6.07, 6.45) is 0. The van der Waals surface area contributed by atoms with E-state index in [1.54, 1.807) is 18.2 Å². The third-order valence-electron chi connectivity index (χ3n) is 3.01. The van der Waals surface area contributed by atoms with Crippen LogP contribution in [0.15, 0.2) is 18.2 Å². The van der Waals surface area contributed by atoms with Crippen molar-refractivity contribution in [3.05, 3.63) is 29.6 Å². The SMILES string of the molecule is CCOCCN(CCOCC)Cc1cccc(N)c1F. The van der Waals surface area contributed by atoms with Crippen LogP contribution in [0.4, 0.5) is 10.1 Å². The van der Waals surface area contributed by atoms with Crippen LogP contribution in [0, 0.1) is 5.82 Å². The van der Waals surface area contributed by atoms with E-state index in [1.165, 1.54) is 0 Å². The molecule has 0 aromatic heterocycles. The number of halogens is 1. The Morgan fingerprint density at radius 1 is 1.10 bits per heavy atom. The Kier molecular flexibility index (Phi) is 8.18. The summed E-state index contributed by atoms with van der Waals surface area (Å²) >= 11 is 0. The lowest BCUT2D eigenvalue weighted by Crippen LogP contribution is -2.31. The quantitative estimate of drug-likeness (QED) is 0.529. The van der Waals surface area contributed by atoms with Gasteiger partial charge in [0.05, 0.1) is 18.9 Å². The third kappa shape index (κ3) is 5.86. The van der Waals surface area contributed by atoms with Crippen LogP contribution in [-0.4, -0.2) is 44.4 Å². The van der Waals surface area contributed by atoms with E-state index in [0.717, 1.165) is 13.1 Å². The zero-order valence-electron chi connectivity index (χ0n) is 12.4. The predicted octanol–water partition coefficient (Wildman–Crippen LogP) is 2.28. The summed E-state index contributed by atoms with van der Waals surface area (Å²) in [6.45, 7) is 8.56. The van der Waals surface area contributed by atoms with Gasteiger partial charge >= 0.3 is 0 Å². The second kappa shape index (κ2) is 9.69. The van der Waals surface area contributed by atoms with Gasteiger partial charge in [0.25, 0.3) is 0 Å². The van der Waals surface area contributed by atoms with Gasteiger partial charge in [0, 0.05) is 38.4 Å². The molecule has 0 saturated carbocycles. The highest BCUT2D eigenvalue weighted by molar-refractivity contribution is 5.42. The summed E-state index contributed by atoms with van der Waals surface area (Å²) in [4.78, 5) is 2.11. The topological polar surface area (TPSA) is 47.7 Å². The average Bonchev–Trinajstić information content (AvgIpc) is 2.44. The van der Waals surface area contributed by atoms with Crippen molar-refractivity contribution in [1.29, 1.82) is 0 Å². The molecule has 2 N–H and O–H groups in total. The normalized spacial score (nSPS) is 11.2. The minimum Gasteiger partial charge on any atom is -0.396 e. The fourth-order valence-corrected chi connectivity index (χ4v) is 1.91. The van der Waals surface area contributed by atoms with Crippen LogP contribution in [0.25, 0.3) is 0 Å². The molecule has 5 heteroatoms. The first-order valence-corrected chi connectivity index (χ1v) is 7.09. The summed E-state index contributed by atoms with van der Waals surface area (Å²) in [6, 6.07) is 5.11. The fourth-order valence-electron chi connectivity index (χ4n) is 1.91. The standard InChI is InChI=1S/C15H25FN2O2/c1-3-19-10-8-18(9-11-20-4-2)12-13-6-5-7-14(17)15(13)16/h5-7H,3-4,8-12,17H2,1-2H3. The van der Waals surface area contributed by atoms with Crippen LogP contribution in [0.2, 0.25) is 0 Å². The number of hydrogen-bond acceptors (Lipinski definition) is 4. The molecule has 0 unspecified atom stereocenters. The van der Waals surface area contributed by atoms with Crippen molar-refractivity contribution in [2.24, 2.45) is 0 Å². The molecule has 0 atom stereocenters. The van der Waals surface area contributed by atoms with Gasteiger partial charge in [-0.3, -0.25) is 4.90 Å². The van der Waals surface area contributed by atoms with Gasteiger partial charge in [0.1, 0.15) is 0 Å². The van der Waals surface area contributed by atoms with Crippen molar-refractivity contribution in [3.8, 4) is 0 Å². The Morgan fingerprint density at radius 2 is 1.70 bits per heavy atom. The number of nitrogens with two attached hydrogens (primary N) is 1. The lowest BCUT2D eigenvalue weighted by molar-refractivity contribution is 0.0793. The van der Waals surface area contributed by atoms with Gasteiger partial charge in [-0.15, -0.1) is 0 Å². The monoisotopic (exact) mass is 284 g/mol. The lowest BCUT2D eigenvalue weighted by Gasteiger charge is -2.22. The molecule has 114 valence electrons. The maximum atomic E-state index is 13.9. The zero-order chi connectivity index (χ0) is 14.8. The van der Waals surface area contributed by atoms with Gasteiger partial charge in [-0.2, -0.15) is 0 Å². The lowest BCUT2D eigenvalue weighted by atomic mass is 10.1. The molecule has 0 fully saturated rings. The highest BCUT2D eigenvalue weighted by atomic mass is 19.1. The molecular formula is C15H25FN2O2. The molecule has 0 aliphatic rings. The minimum atomic E-state index is -0.328.